The van der Waals surface area contributed by atoms with Gasteiger partial charge in [0.1, 0.15) is 5.01 Å². The first-order valence-corrected chi connectivity index (χ1v) is 12.0. The molecule has 5 rings (SSSR count). The van der Waals surface area contributed by atoms with Crippen molar-refractivity contribution in [2.24, 2.45) is 0 Å². The summed E-state index contributed by atoms with van der Waals surface area (Å²) in [6.07, 6.45) is -2.63. The summed E-state index contributed by atoms with van der Waals surface area (Å²) in [7, 11) is 0. The van der Waals surface area contributed by atoms with Gasteiger partial charge in [0.05, 0.1) is 11.3 Å². The zero-order valence-corrected chi connectivity index (χ0v) is 19.2. The van der Waals surface area contributed by atoms with E-state index in [1.807, 2.05) is 28.1 Å². The van der Waals surface area contributed by atoms with Crippen LogP contribution in [0.3, 0.4) is 0 Å². The lowest BCUT2D eigenvalue weighted by Crippen LogP contribution is -2.04. The summed E-state index contributed by atoms with van der Waals surface area (Å²) in [5.41, 5.74) is 1.34. The Kier molecular flexibility index (Phi) is 6.05. The molecular formula is C23H17F3N4O2S2. The molecule has 34 heavy (non-hydrogen) atoms. The van der Waals surface area contributed by atoms with Crippen molar-refractivity contribution >= 4 is 23.1 Å². The third-order valence-electron chi connectivity index (χ3n) is 5.00. The Morgan fingerprint density at radius 2 is 1.94 bits per heavy atom. The number of benzene rings is 2. The highest BCUT2D eigenvalue weighted by Crippen LogP contribution is 2.37. The molecule has 2 aromatic heterocycles. The first-order chi connectivity index (χ1) is 16.4. The lowest BCUT2D eigenvalue weighted by molar-refractivity contribution is -0.137. The van der Waals surface area contributed by atoms with Gasteiger partial charge in [0.15, 0.2) is 22.5 Å². The molecule has 0 atom stereocenters. The highest BCUT2D eigenvalue weighted by atomic mass is 32.2. The van der Waals surface area contributed by atoms with Crippen molar-refractivity contribution in [1.82, 2.24) is 19.7 Å². The van der Waals surface area contributed by atoms with Crippen molar-refractivity contribution in [3.05, 3.63) is 71.8 Å². The maximum atomic E-state index is 13.0. The van der Waals surface area contributed by atoms with E-state index in [-0.39, 0.29) is 6.79 Å². The van der Waals surface area contributed by atoms with Crippen molar-refractivity contribution in [1.29, 1.82) is 0 Å². The minimum atomic E-state index is -4.39. The molecule has 0 bridgehead atoms. The Morgan fingerprint density at radius 3 is 2.76 bits per heavy atom. The summed E-state index contributed by atoms with van der Waals surface area (Å²) in [4.78, 5) is 4.52. The molecule has 0 radical (unpaired) electrons. The van der Waals surface area contributed by atoms with E-state index in [2.05, 4.69) is 21.8 Å². The van der Waals surface area contributed by atoms with Gasteiger partial charge in [0, 0.05) is 28.8 Å². The number of rotatable bonds is 7. The molecule has 0 saturated heterocycles. The number of alkyl halides is 3. The number of ether oxygens (including phenoxy) is 2. The molecule has 4 aromatic rings. The summed E-state index contributed by atoms with van der Waals surface area (Å²) in [6, 6.07) is 10.8. The second kappa shape index (κ2) is 9.15. The topological polar surface area (TPSA) is 62.1 Å². The number of hydrogen-bond donors (Lipinski definition) is 0. The van der Waals surface area contributed by atoms with E-state index in [0.717, 1.165) is 23.4 Å². The molecule has 0 amide bonds. The van der Waals surface area contributed by atoms with Crippen LogP contribution in [-0.4, -0.2) is 26.5 Å². The number of thioether (sulfide) groups is 1. The van der Waals surface area contributed by atoms with E-state index in [4.69, 9.17) is 9.47 Å². The van der Waals surface area contributed by atoms with Gasteiger partial charge in [-0.3, -0.25) is 4.57 Å². The second-order valence-corrected chi connectivity index (χ2v) is 9.09. The van der Waals surface area contributed by atoms with Gasteiger partial charge < -0.3 is 9.47 Å². The molecule has 1 aliphatic rings. The van der Waals surface area contributed by atoms with E-state index in [1.54, 1.807) is 12.1 Å². The molecule has 1 aliphatic heterocycles. The van der Waals surface area contributed by atoms with E-state index in [1.165, 1.54) is 29.2 Å². The third-order valence-corrected chi connectivity index (χ3v) is 6.94. The second-order valence-electron chi connectivity index (χ2n) is 7.28. The number of nitrogens with zero attached hydrogens (tertiary/aromatic N) is 4. The fraction of sp³-hybridized carbons (Fsp3) is 0.174. The summed E-state index contributed by atoms with van der Waals surface area (Å²) in [6.45, 7) is 4.52. The number of allylic oxidation sites excluding steroid dienone is 1. The molecular weight excluding hydrogens is 485 g/mol. The molecule has 0 unspecified atom stereocenters. The number of thiazole rings is 1. The standard InChI is InChI=1S/C23H17F3N4O2S2/c1-2-8-30-20(14-6-7-18-19(10-14)32-13-31-18)28-29-22(30)34-12-17-11-33-21(27-17)15-4-3-5-16(9-15)23(24,25)26/h2-7,9-11H,1,8,12-13H2. The minimum Gasteiger partial charge on any atom is -0.454 e. The first-order valence-electron chi connectivity index (χ1n) is 10.1. The van der Waals surface area contributed by atoms with Crippen molar-refractivity contribution in [3.8, 4) is 33.5 Å². The Balaban J connectivity index is 1.34. The van der Waals surface area contributed by atoms with Crippen LogP contribution in [-0.2, 0) is 18.5 Å². The third kappa shape index (κ3) is 4.53. The molecule has 11 heteroatoms. The molecule has 0 saturated carbocycles. The molecule has 0 spiro atoms. The Hall–Kier alpha value is -3.31. The summed E-state index contributed by atoms with van der Waals surface area (Å²) in [5, 5.41) is 11.7. The summed E-state index contributed by atoms with van der Waals surface area (Å²) in [5.74, 6) is 2.51. The van der Waals surface area contributed by atoms with Crippen LogP contribution in [0.4, 0.5) is 13.2 Å². The minimum absolute atomic E-state index is 0.190. The van der Waals surface area contributed by atoms with Crippen LogP contribution in [0.25, 0.3) is 22.0 Å². The molecule has 0 aliphatic carbocycles. The predicted molar refractivity (Wildman–Crippen MR) is 124 cm³/mol. The van der Waals surface area contributed by atoms with Gasteiger partial charge in [-0.2, -0.15) is 13.2 Å². The SMILES string of the molecule is C=CCn1c(SCc2csc(-c3cccc(C(F)(F)F)c3)n2)nnc1-c1ccc2c(c1)OCO2. The van der Waals surface area contributed by atoms with Crippen LogP contribution < -0.4 is 9.47 Å². The fourth-order valence-corrected chi connectivity index (χ4v) is 5.17. The van der Waals surface area contributed by atoms with Gasteiger partial charge in [-0.25, -0.2) is 4.98 Å². The van der Waals surface area contributed by atoms with E-state index < -0.39 is 11.7 Å². The first kappa shape index (κ1) is 22.5. The fourth-order valence-electron chi connectivity index (χ4n) is 3.41. The smallest absolute Gasteiger partial charge is 0.416 e. The highest BCUT2D eigenvalue weighted by molar-refractivity contribution is 7.98. The number of hydrogen-bond acceptors (Lipinski definition) is 7. The zero-order chi connectivity index (χ0) is 23.7. The normalized spacial score (nSPS) is 12.8. The van der Waals surface area contributed by atoms with Gasteiger partial charge in [-0.05, 0) is 30.3 Å². The average molecular weight is 503 g/mol. The average Bonchev–Trinajstić information content (AvgIpc) is 3.57. The van der Waals surface area contributed by atoms with Crippen molar-refractivity contribution in [2.75, 3.05) is 6.79 Å². The van der Waals surface area contributed by atoms with E-state index in [0.29, 0.717) is 45.3 Å². The Labute approximate surface area is 201 Å². The van der Waals surface area contributed by atoms with Crippen molar-refractivity contribution in [2.45, 2.75) is 23.6 Å². The molecule has 3 heterocycles. The lowest BCUT2D eigenvalue weighted by atomic mass is 10.1. The molecule has 174 valence electrons. The number of halogens is 3. The monoisotopic (exact) mass is 502 g/mol. The Morgan fingerprint density at radius 1 is 1.09 bits per heavy atom. The van der Waals surface area contributed by atoms with E-state index in [9.17, 15) is 13.2 Å². The summed E-state index contributed by atoms with van der Waals surface area (Å²) >= 11 is 2.76. The maximum Gasteiger partial charge on any atom is 0.416 e. The molecule has 2 aromatic carbocycles. The van der Waals surface area contributed by atoms with Gasteiger partial charge in [-0.1, -0.05) is 30.0 Å². The quantitative estimate of drug-likeness (QED) is 0.219. The van der Waals surface area contributed by atoms with Crippen molar-refractivity contribution < 1.29 is 22.6 Å². The molecule has 6 nitrogen and oxygen atoms in total. The molecule has 0 fully saturated rings. The number of fused-ring (bicyclic) bond motifs is 1. The van der Waals surface area contributed by atoms with Crippen molar-refractivity contribution in [3.63, 3.8) is 0 Å². The number of aromatic nitrogens is 4. The van der Waals surface area contributed by atoms with Gasteiger partial charge in [-0.15, -0.1) is 28.1 Å². The van der Waals surface area contributed by atoms with Crippen LogP contribution >= 0.6 is 23.1 Å². The van der Waals surface area contributed by atoms with Crippen LogP contribution in [0.15, 0.2) is 65.7 Å². The largest absolute Gasteiger partial charge is 0.454 e. The van der Waals surface area contributed by atoms with Crippen LogP contribution in [0.5, 0.6) is 11.5 Å². The van der Waals surface area contributed by atoms with Gasteiger partial charge in [0.25, 0.3) is 0 Å². The Bertz CT molecular complexity index is 1350. The lowest BCUT2D eigenvalue weighted by Gasteiger charge is -2.08. The highest BCUT2D eigenvalue weighted by Gasteiger charge is 2.30. The molecule has 0 N–H and O–H groups in total. The van der Waals surface area contributed by atoms with Gasteiger partial charge in [0.2, 0.25) is 6.79 Å². The predicted octanol–water partition coefficient (Wildman–Crippen LogP) is 6.29. The summed E-state index contributed by atoms with van der Waals surface area (Å²) < 4.78 is 51.9. The maximum absolute atomic E-state index is 13.0. The van der Waals surface area contributed by atoms with Crippen LogP contribution in [0.1, 0.15) is 11.3 Å². The van der Waals surface area contributed by atoms with Crippen LogP contribution in [0, 0.1) is 0 Å². The van der Waals surface area contributed by atoms with Gasteiger partial charge >= 0.3 is 6.18 Å². The zero-order valence-electron chi connectivity index (χ0n) is 17.6. The van der Waals surface area contributed by atoms with Crippen LogP contribution in [0.2, 0.25) is 0 Å². The van der Waals surface area contributed by atoms with E-state index >= 15 is 0 Å².